The molecule has 0 aromatic heterocycles. The molecule has 0 aliphatic heterocycles. The van der Waals surface area contributed by atoms with Gasteiger partial charge in [0, 0.05) is 23.8 Å². The lowest BCUT2D eigenvalue weighted by molar-refractivity contribution is 0.279. The lowest BCUT2D eigenvalue weighted by atomic mass is 9.69. The molecule has 6 heteroatoms. The van der Waals surface area contributed by atoms with E-state index < -0.39 is 9.84 Å². The van der Waals surface area contributed by atoms with Crippen LogP contribution in [0.1, 0.15) is 37.7 Å². The van der Waals surface area contributed by atoms with E-state index >= 15 is 0 Å². The molecule has 5 nitrogen and oxygen atoms in total. The van der Waals surface area contributed by atoms with Crippen molar-refractivity contribution in [3.63, 3.8) is 0 Å². The molecule has 0 amide bonds. The van der Waals surface area contributed by atoms with Crippen LogP contribution in [0.5, 0.6) is 11.5 Å². The van der Waals surface area contributed by atoms with Gasteiger partial charge in [0.15, 0.2) is 21.3 Å². The van der Waals surface area contributed by atoms with Gasteiger partial charge in [-0.15, -0.1) is 0 Å². The molecule has 1 aromatic carbocycles. The quantitative estimate of drug-likeness (QED) is 0.897. The van der Waals surface area contributed by atoms with Gasteiger partial charge in [0.05, 0.1) is 14.2 Å². The standard InChI is InChI=1S/C16H25NO4S/c1-20-14-12(16(11-17)9-5-4-6-10-16)7-8-13(15(14)21-2)22(3,18)19/h7-8H,4-6,9-11,17H2,1-3H3. The zero-order chi connectivity index (χ0) is 16.4. The van der Waals surface area contributed by atoms with E-state index in [0.717, 1.165) is 31.2 Å². The third-order valence-corrected chi connectivity index (χ3v) is 5.78. The monoisotopic (exact) mass is 327 g/mol. The van der Waals surface area contributed by atoms with Crippen molar-refractivity contribution >= 4 is 9.84 Å². The van der Waals surface area contributed by atoms with Crippen LogP contribution in [0.3, 0.4) is 0 Å². The first-order chi connectivity index (χ1) is 10.4. The molecule has 124 valence electrons. The average Bonchev–Trinajstić information content (AvgIpc) is 2.52. The van der Waals surface area contributed by atoms with E-state index in [1.165, 1.54) is 19.8 Å². The van der Waals surface area contributed by atoms with Crippen molar-refractivity contribution in [1.29, 1.82) is 0 Å². The number of methoxy groups -OCH3 is 2. The van der Waals surface area contributed by atoms with Gasteiger partial charge in [-0.25, -0.2) is 8.42 Å². The largest absolute Gasteiger partial charge is 0.493 e. The highest BCUT2D eigenvalue weighted by atomic mass is 32.2. The number of hydrogen-bond acceptors (Lipinski definition) is 5. The van der Waals surface area contributed by atoms with Gasteiger partial charge in [-0.2, -0.15) is 0 Å². The molecule has 1 saturated carbocycles. The summed E-state index contributed by atoms with van der Waals surface area (Å²) in [6.07, 6.45) is 6.60. The molecule has 1 fully saturated rings. The predicted molar refractivity (Wildman–Crippen MR) is 86.5 cm³/mol. The Morgan fingerprint density at radius 3 is 2.14 bits per heavy atom. The summed E-state index contributed by atoms with van der Waals surface area (Å²) in [7, 11) is -0.382. The van der Waals surface area contributed by atoms with Gasteiger partial charge in [-0.3, -0.25) is 0 Å². The third kappa shape index (κ3) is 2.94. The maximum atomic E-state index is 12.0. The van der Waals surface area contributed by atoms with Gasteiger partial charge in [0.1, 0.15) is 4.90 Å². The Bertz CT molecular complexity index is 634. The SMILES string of the molecule is COc1c(C2(CN)CCCCC2)ccc(S(C)(=O)=O)c1OC. The third-order valence-electron chi connectivity index (χ3n) is 4.66. The van der Waals surface area contributed by atoms with Crippen LogP contribution in [0.15, 0.2) is 17.0 Å². The molecule has 1 aliphatic rings. The Morgan fingerprint density at radius 1 is 1.09 bits per heavy atom. The number of benzene rings is 1. The fraction of sp³-hybridized carbons (Fsp3) is 0.625. The summed E-state index contributed by atoms with van der Waals surface area (Å²) in [5.41, 5.74) is 6.89. The van der Waals surface area contributed by atoms with Crippen molar-refractivity contribution in [3.05, 3.63) is 17.7 Å². The van der Waals surface area contributed by atoms with Gasteiger partial charge in [0.25, 0.3) is 0 Å². The molecule has 0 heterocycles. The topological polar surface area (TPSA) is 78.6 Å². The molecule has 22 heavy (non-hydrogen) atoms. The van der Waals surface area contributed by atoms with E-state index in [1.54, 1.807) is 13.2 Å². The minimum absolute atomic E-state index is 0.151. The van der Waals surface area contributed by atoms with Crippen LogP contribution in [-0.4, -0.2) is 35.4 Å². The van der Waals surface area contributed by atoms with Crippen molar-refractivity contribution in [2.24, 2.45) is 5.73 Å². The first-order valence-corrected chi connectivity index (χ1v) is 9.44. The summed E-state index contributed by atoms with van der Waals surface area (Å²) in [6.45, 7) is 0.519. The van der Waals surface area contributed by atoms with Crippen LogP contribution in [0.25, 0.3) is 0 Å². The van der Waals surface area contributed by atoms with E-state index in [9.17, 15) is 8.42 Å². The predicted octanol–water partition coefficient (Wildman–Crippen LogP) is 2.27. The summed E-state index contributed by atoms with van der Waals surface area (Å²) in [5.74, 6) is 0.777. The van der Waals surface area contributed by atoms with Crippen LogP contribution in [0, 0.1) is 0 Å². The number of hydrogen-bond donors (Lipinski definition) is 1. The van der Waals surface area contributed by atoms with Crippen molar-refractivity contribution in [1.82, 2.24) is 0 Å². The second-order valence-corrected chi connectivity index (χ2v) is 7.98. The van der Waals surface area contributed by atoms with Crippen molar-refractivity contribution in [2.45, 2.75) is 42.4 Å². The van der Waals surface area contributed by atoms with Crippen LogP contribution in [0.2, 0.25) is 0 Å². The van der Waals surface area contributed by atoms with E-state index in [1.807, 2.05) is 6.07 Å². The second-order valence-electron chi connectivity index (χ2n) is 6.00. The summed E-state index contributed by atoms with van der Waals surface area (Å²) in [5, 5.41) is 0. The molecule has 0 radical (unpaired) electrons. The molecule has 2 rings (SSSR count). The number of ether oxygens (including phenoxy) is 2. The fourth-order valence-electron chi connectivity index (χ4n) is 3.46. The highest BCUT2D eigenvalue weighted by molar-refractivity contribution is 7.90. The van der Waals surface area contributed by atoms with Gasteiger partial charge in [0.2, 0.25) is 0 Å². The molecule has 1 aliphatic carbocycles. The zero-order valence-corrected chi connectivity index (χ0v) is 14.3. The lowest BCUT2D eigenvalue weighted by Gasteiger charge is -2.38. The summed E-state index contributed by atoms with van der Waals surface area (Å²) >= 11 is 0. The van der Waals surface area contributed by atoms with Crippen molar-refractivity contribution < 1.29 is 17.9 Å². The highest BCUT2D eigenvalue weighted by Crippen LogP contribution is 2.47. The van der Waals surface area contributed by atoms with Gasteiger partial charge in [-0.1, -0.05) is 25.3 Å². The second kappa shape index (κ2) is 6.46. The van der Waals surface area contributed by atoms with E-state index in [0.29, 0.717) is 12.3 Å². The minimum Gasteiger partial charge on any atom is -0.493 e. The van der Waals surface area contributed by atoms with Crippen molar-refractivity contribution in [2.75, 3.05) is 27.0 Å². The van der Waals surface area contributed by atoms with Crippen LogP contribution >= 0.6 is 0 Å². The van der Waals surface area contributed by atoms with E-state index in [2.05, 4.69) is 0 Å². The number of rotatable bonds is 5. The molecule has 0 atom stereocenters. The minimum atomic E-state index is -3.39. The molecular formula is C16H25NO4S. The van der Waals surface area contributed by atoms with Gasteiger partial charge in [-0.05, 0) is 18.9 Å². The van der Waals surface area contributed by atoms with Crippen LogP contribution in [-0.2, 0) is 15.3 Å². The first kappa shape index (κ1) is 17.1. The number of sulfone groups is 1. The molecule has 0 spiro atoms. The van der Waals surface area contributed by atoms with Crippen molar-refractivity contribution in [3.8, 4) is 11.5 Å². The Kier molecular flexibility index (Phi) is 5.02. The van der Waals surface area contributed by atoms with E-state index in [4.69, 9.17) is 15.2 Å². The molecule has 0 unspecified atom stereocenters. The molecular weight excluding hydrogens is 302 g/mol. The maximum absolute atomic E-state index is 12.0. The number of nitrogens with two attached hydrogens (primary N) is 1. The Balaban J connectivity index is 2.67. The summed E-state index contributed by atoms with van der Waals surface area (Å²) < 4.78 is 34.8. The Morgan fingerprint density at radius 2 is 1.68 bits per heavy atom. The normalized spacial score (nSPS) is 18.0. The maximum Gasteiger partial charge on any atom is 0.179 e. The zero-order valence-electron chi connectivity index (χ0n) is 13.5. The average molecular weight is 327 g/mol. The molecule has 2 N–H and O–H groups in total. The molecule has 0 saturated heterocycles. The molecule has 0 bridgehead atoms. The van der Waals surface area contributed by atoms with Gasteiger partial charge < -0.3 is 15.2 Å². The smallest absolute Gasteiger partial charge is 0.179 e. The summed E-state index contributed by atoms with van der Waals surface area (Å²) in [6, 6.07) is 3.45. The van der Waals surface area contributed by atoms with Crippen LogP contribution in [0.4, 0.5) is 0 Å². The lowest BCUT2D eigenvalue weighted by Crippen LogP contribution is -2.37. The first-order valence-electron chi connectivity index (χ1n) is 7.55. The Labute approximate surface area is 132 Å². The van der Waals surface area contributed by atoms with E-state index in [-0.39, 0.29) is 16.1 Å². The molecule has 1 aromatic rings. The van der Waals surface area contributed by atoms with Crippen LogP contribution < -0.4 is 15.2 Å². The summed E-state index contributed by atoms with van der Waals surface area (Å²) in [4.78, 5) is 0.151. The fourth-order valence-corrected chi connectivity index (χ4v) is 4.29. The Hall–Kier alpha value is -1.27. The van der Waals surface area contributed by atoms with Gasteiger partial charge >= 0.3 is 0 Å². The highest BCUT2D eigenvalue weighted by Gasteiger charge is 2.37.